The summed E-state index contributed by atoms with van der Waals surface area (Å²) in [5.41, 5.74) is 7.44. The Kier molecular flexibility index (Phi) is 11.9. The SMILES string of the molecule is CC(=O)NCC1CCN(Cc2cc(Oc3ccc(N4CCN(CCC(=O)OC(N)=O)CC4)nc3)nc(-c3cc(Cl)cc(Cl)c3)c2)CC1. The van der Waals surface area contributed by atoms with Crippen molar-refractivity contribution in [3.05, 3.63) is 64.3 Å². The van der Waals surface area contributed by atoms with E-state index in [1.165, 1.54) is 0 Å². The number of esters is 1. The summed E-state index contributed by atoms with van der Waals surface area (Å²) in [7, 11) is 0. The fourth-order valence-corrected chi connectivity index (χ4v) is 6.33. The molecule has 2 fully saturated rings. The van der Waals surface area contributed by atoms with E-state index in [9.17, 15) is 14.4 Å². The molecule has 0 bridgehead atoms. The fourth-order valence-electron chi connectivity index (χ4n) is 5.80. The molecule has 5 rings (SSSR count). The number of anilines is 1. The van der Waals surface area contributed by atoms with Gasteiger partial charge in [0.05, 0.1) is 18.3 Å². The maximum absolute atomic E-state index is 11.6. The number of hydrogen-bond acceptors (Lipinski definition) is 10. The van der Waals surface area contributed by atoms with Gasteiger partial charge in [-0.1, -0.05) is 23.2 Å². The molecule has 47 heavy (non-hydrogen) atoms. The second-order valence-electron chi connectivity index (χ2n) is 11.8. The summed E-state index contributed by atoms with van der Waals surface area (Å²) < 4.78 is 10.6. The molecule has 14 heteroatoms. The van der Waals surface area contributed by atoms with Crippen molar-refractivity contribution < 1.29 is 23.9 Å². The predicted molar refractivity (Wildman–Crippen MR) is 180 cm³/mol. The number of carbonyl (C=O) groups is 3. The monoisotopic (exact) mass is 683 g/mol. The average molecular weight is 685 g/mol. The lowest BCUT2D eigenvalue weighted by molar-refractivity contribution is -0.137. The number of amides is 2. The van der Waals surface area contributed by atoms with E-state index in [0.717, 1.165) is 82.1 Å². The van der Waals surface area contributed by atoms with E-state index in [1.807, 2.05) is 36.4 Å². The molecule has 2 saturated heterocycles. The topological polar surface area (TPSA) is 143 Å². The number of likely N-dealkylation sites (tertiary alicyclic amines) is 1. The van der Waals surface area contributed by atoms with Gasteiger partial charge in [-0.15, -0.1) is 0 Å². The van der Waals surface area contributed by atoms with Gasteiger partial charge in [0.2, 0.25) is 11.8 Å². The van der Waals surface area contributed by atoms with Gasteiger partial charge in [-0.25, -0.2) is 14.8 Å². The van der Waals surface area contributed by atoms with Gasteiger partial charge >= 0.3 is 12.1 Å². The van der Waals surface area contributed by atoms with Gasteiger partial charge in [-0.3, -0.25) is 19.4 Å². The Balaban J connectivity index is 1.23. The van der Waals surface area contributed by atoms with Crippen LogP contribution in [0.25, 0.3) is 11.3 Å². The average Bonchev–Trinajstić information content (AvgIpc) is 3.03. The third kappa shape index (κ3) is 10.5. The lowest BCUT2D eigenvalue weighted by Crippen LogP contribution is -2.47. The van der Waals surface area contributed by atoms with Gasteiger partial charge in [0.25, 0.3) is 0 Å². The number of nitrogens with two attached hydrogens (primary N) is 1. The van der Waals surface area contributed by atoms with Crippen molar-refractivity contribution >= 4 is 47.0 Å². The highest BCUT2D eigenvalue weighted by atomic mass is 35.5. The second-order valence-corrected chi connectivity index (χ2v) is 12.7. The molecule has 2 aliphatic heterocycles. The standard InChI is InChI=1S/C33H39Cl2N7O5/c1-22(43)37-19-23-4-7-41(8-5-23)21-24-14-29(25-16-26(34)18-27(35)17-25)39-31(15-24)46-28-2-3-30(38-20-28)42-12-10-40(11-13-42)9-6-32(44)47-33(36)45/h2-3,14-18,20,23H,4-13,19,21H2,1H3,(H2,36,45)(H,37,43). The minimum absolute atomic E-state index is 0.00970. The Hall–Kier alpha value is -3.97. The van der Waals surface area contributed by atoms with E-state index in [4.69, 9.17) is 38.7 Å². The first-order valence-corrected chi connectivity index (χ1v) is 16.4. The largest absolute Gasteiger partial charge is 0.437 e. The summed E-state index contributed by atoms with van der Waals surface area (Å²) in [6.45, 7) is 8.30. The number of pyridine rings is 2. The van der Waals surface area contributed by atoms with Crippen LogP contribution >= 0.6 is 23.2 Å². The molecular weight excluding hydrogens is 645 g/mol. The molecule has 250 valence electrons. The molecule has 0 radical (unpaired) electrons. The lowest BCUT2D eigenvalue weighted by atomic mass is 9.96. The Morgan fingerprint density at radius 2 is 1.68 bits per heavy atom. The zero-order valence-electron chi connectivity index (χ0n) is 26.3. The number of primary amides is 1. The van der Waals surface area contributed by atoms with E-state index in [0.29, 0.717) is 39.8 Å². The maximum Gasteiger partial charge on any atom is 0.412 e. The van der Waals surface area contributed by atoms with Crippen LogP contribution in [0.4, 0.5) is 10.6 Å². The van der Waals surface area contributed by atoms with Gasteiger partial charge in [0.1, 0.15) is 11.6 Å². The summed E-state index contributed by atoms with van der Waals surface area (Å²) in [6, 6.07) is 13.1. The first kappa shape index (κ1) is 34.4. The number of nitrogens with one attached hydrogen (secondary N) is 1. The van der Waals surface area contributed by atoms with Crippen molar-refractivity contribution in [3.63, 3.8) is 0 Å². The molecule has 12 nitrogen and oxygen atoms in total. The van der Waals surface area contributed by atoms with E-state index in [1.54, 1.807) is 19.2 Å². The van der Waals surface area contributed by atoms with Crippen LogP contribution < -0.4 is 20.7 Å². The number of hydrogen-bond donors (Lipinski definition) is 2. The molecule has 0 spiro atoms. The van der Waals surface area contributed by atoms with E-state index in [-0.39, 0.29) is 12.3 Å². The molecule has 3 aromatic rings. The number of nitrogens with zero attached hydrogens (tertiary/aromatic N) is 5. The molecule has 0 unspecified atom stereocenters. The highest BCUT2D eigenvalue weighted by Crippen LogP contribution is 2.31. The number of piperidine rings is 1. The first-order valence-electron chi connectivity index (χ1n) is 15.6. The molecular formula is C33H39Cl2N7O5. The van der Waals surface area contributed by atoms with Crippen LogP contribution in [0.3, 0.4) is 0 Å². The normalized spacial score (nSPS) is 16.1. The van der Waals surface area contributed by atoms with E-state index < -0.39 is 12.1 Å². The van der Waals surface area contributed by atoms with Crippen LogP contribution in [0, 0.1) is 5.92 Å². The maximum atomic E-state index is 11.6. The number of aromatic nitrogens is 2. The number of benzene rings is 1. The molecule has 2 aliphatic rings. The van der Waals surface area contributed by atoms with Crippen molar-refractivity contribution in [2.45, 2.75) is 32.7 Å². The number of piperazine rings is 1. The third-order valence-corrected chi connectivity index (χ3v) is 8.70. The Morgan fingerprint density at radius 3 is 2.32 bits per heavy atom. The summed E-state index contributed by atoms with van der Waals surface area (Å²) in [6.07, 6.45) is 2.74. The number of carbonyl (C=O) groups excluding carboxylic acids is 3. The van der Waals surface area contributed by atoms with Crippen molar-refractivity contribution in [2.24, 2.45) is 11.7 Å². The van der Waals surface area contributed by atoms with Crippen LogP contribution in [0.5, 0.6) is 11.6 Å². The molecule has 2 aromatic heterocycles. The molecule has 3 N–H and O–H groups in total. The fraction of sp³-hybridized carbons (Fsp3) is 0.424. The molecule has 4 heterocycles. The first-order chi connectivity index (χ1) is 22.6. The molecule has 0 saturated carbocycles. The number of halogens is 2. The van der Waals surface area contributed by atoms with Crippen molar-refractivity contribution in [2.75, 3.05) is 57.3 Å². The summed E-state index contributed by atoms with van der Waals surface area (Å²) >= 11 is 12.7. The molecule has 0 aliphatic carbocycles. The summed E-state index contributed by atoms with van der Waals surface area (Å²) in [4.78, 5) is 49.8. The Labute approximate surface area is 284 Å². The van der Waals surface area contributed by atoms with E-state index >= 15 is 0 Å². The zero-order valence-corrected chi connectivity index (χ0v) is 27.8. The molecule has 1 aromatic carbocycles. The van der Waals surface area contributed by atoms with E-state index in [2.05, 4.69) is 29.7 Å². The quantitative estimate of drug-likeness (QED) is 0.215. The summed E-state index contributed by atoms with van der Waals surface area (Å²) in [5.74, 6) is 1.68. The highest BCUT2D eigenvalue weighted by molar-refractivity contribution is 6.35. The van der Waals surface area contributed by atoms with Crippen molar-refractivity contribution in [1.29, 1.82) is 0 Å². The Morgan fingerprint density at radius 1 is 0.957 bits per heavy atom. The Bertz CT molecular complexity index is 1540. The minimum atomic E-state index is -1.08. The molecule has 2 amide bonds. The van der Waals surface area contributed by atoms with Gasteiger partial charge in [0, 0.05) is 74.4 Å². The third-order valence-electron chi connectivity index (χ3n) is 8.26. The van der Waals surface area contributed by atoms with Crippen LogP contribution in [0.2, 0.25) is 10.0 Å². The van der Waals surface area contributed by atoms with Crippen LogP contribution in [0.1, 0.15) is 31.7 Å². The lowest BCUT2D eigenvalue weighted by Gasteiger charge is -2.35. The van der Waals surface area contributed by atoms with Crippen LogP contribution in [0.15, 0.2) is 48.7 Å². The van der Waals surface area contributed by atoms with Gasteiger partial charge in [-0.05, 0) is 73.8 Å². The predicted octanol–water partition coefficient (Wildman–Crippen LogP) is 4.72. The van der Waals surface area contributed by atoms with Gasteiger partial charge in [0.15, 0.2) is 0 Å². The minimum Gasteiger partial charge on any atom is -0.437 e. The number of ether oxygens (including phenoxy) is 2. The second kappa shape index (κ2) is 16.2. The highest BCUT2D eigenvalue weighted by Gasteiger charge is 2.22. The smallest absolute Gasteiger partial charge is 0.412 e. The van der Waals surface area contributed by atoms with Gasteiger partial charge < -0.3 is 25.4 Å². The zero-order chi connectivity index (χ0) is 33.3. The van der Waals surface area contributed by atoms with Gasteiger partial charge in [-0.2, -0.15) is 0 Å². The summed E-state index contributed by atoms with van der Waals surface area (Å²) in [5, 5.41) is 3.99. The van der Waals surface area contributed by atoms with Crippen molar-refractivity contribution in [3.8, 4) is 22.9 Å². The van der Waals surface area contributed by atoms with Crippen LogP contribution in [-0.4, -0.2) is 90.1 Å². The van der Waals surface area contributed by atoms with Crippen LogP contribution in [-0.2, 0) is 20.9 Å². The molecule has 0 atom stereocenters. The number of rotatable bonds is 11. The van der Waals surface area contributed by atoms with Crippen molar-refractivity contribution in [1.82, 2.24) is 25.1 Å².